The van der Waals surface area contributed by atoms with Crippen molar-refractivity contribution in [3.8, 4) is 0 Å². The maximum Gasteiger partial charge on any atom is 0.139 e. The number of alkyl halides is 1. The summed E-state index contributed by atoms with van der Waals surface area (Å²) in [5.41, 5.74) is 1.60. The van der Waals surface area contributed by atoms with Crippen molar-refractivity contribution in [2.24, 2.45) is 0 Å². The Kier molecular flexibility index (Phi) is 5.75. The van der Waals surface area contributed by atoms with Crippen LogP contribution in [0.4, 0.5) is 4.39 Å². The number of hydrogen-bond acceptors (Lipinski definition) is 2. The first kappa shape index (κ1) is 16.1. The van der Waals surface area contributed by atoms with E-state index in [4.69, 9.17) is 11.6 Å². The first-order valence-corrected chi connectivity index (χ1v) is 9.15. The zero-order valence-corrected chi connectivity index (χ0v) is 14.7. The molecule has 110 valence electrons. The summed E-state index contributed by atoms with van der Waals surface area (Å²) in [5.74, 6) is 1.66. The number of aryl methyl sites for hydroxylation is 1. The van der Waals surface area contributed by atoms with Crippen LogP contribution in [-0.2, 0) is 6.54 Å². The molecule has 0 saturated heterocycles. The van der Waals surface area contributed by atoms with E-state index in [-0.39, 0.29) is 11.2 Å². The molecule has 0 N–H and O–H groups in total. The lowest BCUT2D eigenvalue weighted by Gasteiger charge is -2.10. The van der Waals surface area contributed by atoms with Crippen LogP contribution in [0.2, 0.25) is 0 Å². The quantitative estimate of drug-likeness (QED) is 0.495. The van der Waals surface area contributed by atoms with Crippen LogP contribution in [0.15, 0.2) is 16.6 Å². The summed E-state index contributed by atoms with van der Waals surface area (Å²) in [6.07, 6.45) is 4.33. The Labute approximate surface area is 136 Å². The number of thioether (sulfide) groups is 1. The molecular weight excluding hydrogens is 363 g/mol. The average molecular weight is 380 g/mol. The molecule has 1 aromatic heterocycles. The van der Waals surface area contributed by atoms with Gasteiger partial charge < -0.3 is 4.57 Å². The van der Waals surface area contributed by atoms with E-state index in [9.17, 15) is 4.39 Å². The summed E-state index contributed by atoms with van der Waals surface area (Å²) < 4.78 is 16.2. The number of benzene rings is 1. The molecule has 2 nitrogen and oxygen atoms in total. The van der Waals surface area contributed by atoms with Gasteiger partial charge in [-0.15, -0.1) is 11.6 Å². The number of imidazole rings is 1. The van der Waals surface area contributed by atoms with E-state index in [1.54, 1.807) is 6.07 Å². The summed E-state index contributed by atoms with van der Waals surface area (Å²) in [7, 11) is 0. The van der Waals surface area contributed by atoms with Crippen molar-refractivity contribution in [2.45, 2.75) is 31.7 Å². The van der Waals surface area contributed by atoms with Crippen LogP contribution in [0.1, 0.15) is 31.0 Å². The van der Waals surface area contributed by atoms with Gasteiger partial charge in [-0.1, -0.05) is 0 Å². The minimum absolute atomic E-state index is 0.190. The molecule has 6 heteroatoms. The summed E-state index contributed by atoms with van der Waals surface area (Å²) in [6.45, 7) is 2.76. The highest BCUT2D eigenvalue weighted by Gasteiger charge is 2.16. The van der Waals surface area contributed by atoms with E-state index in [1.165, 1.54) is 6.07 Å². The Morgan fingerprint density at radius 1 is 1.45 bits per heavy atom. The predicted octanol–water partition coefficient (Wildman–Crippen LogP) is 5.38. The number of rotatable bonds is 6. The summed E-state index contributed by atoms with van der Waals surface area (Å²) >= 11 is 11.3. The highest BCUT2D eigenvalue weighted by molar-refractivity contribution is 9.10. The number of fused-ring (bicyclic) bond motifs is 1. The summed E-state index contributed by atoms with van der Waals surface area (Å²) in [6, 6.07) is 3.25. The van der Waals surface area contributed by atoms with Gasteiger partial charge in [0.1, 0.15) is 11.6 Å². The molecule has 0 radical (unpaired) electrons. The van der Waals surface area contributed by atoms with Crippen LogP contribution in [-0.4, -0.2) is 21.6 Å². The van der Waals surface area contributed by atoms with Crippen molar-refractivity contribution < 1.29 is 4.39 Å². The lowest BCUT2D eigenvalue weighted by molar-refractivity contribution is 0.616. The lowest BCUT2D eigenvalue weighted by Crippen LogP contribution is -2.05. The summed E-state index contributed by atoms with van der Waals surface area (Å²) in [4.78, 5) is 4.48. The van der Waals surface area contributed by atoms with Gasteiger partial charge in [-0.25, -0.2) is 9.37 Å². The van der Waals surface area contributed by atoms with Gasteiger partial charge in [0.2, 0.25) is 0 Å². The van der Waals surface area contributed by atoms with Crippen molar-refractivity contribution in [1.29, 1.82) is 0 Å². The molecule has 1 heterocycles. The van der Waals surface area contributed by atoms with Crippen molar-refractivity contribution in [3.05, 3.63) is 28.2 Å². The molecule has 0 aliphatic carbocycles. The van der Waals surface area contributed by atoms with Gasteiger partial charge in [0.05, 0.1) is 20.9 Å². The number of hydrogen-bond donors (Lipinski definition) is 0. The second-order valence-electron chi connectivity index (χ2n) is 4.69. The third-order valence-electron chi connectivity index (χ3n) is 3.16. The standard InChI is InChI=1S/C14H17BrClFN2S/c1-9(16)14-18-12-8-11(17)10(15)7-13(12)19(14)5-3-4-6-20-2/h7-9H,3-6H2,1-2H3. The van der Waals surface area contributed by atoms with Crippen LogP contribution in [0.5, 0.6) is 0 Å². The van der Waals surface area contributed by atoms with Gasteiger partial charge in [-0.3, -0.25) is 0 Å². The van der Waals surface area contributed by atoms with E-state index < -0.39 is 0 Å². The molecule has 0 amide bonds. The van der Waals surface area contributed by atoms with Gasteiger partial charge >= 0.3 is 0 Å². The number of nitrogens with zero attached hydrogens (tertiary/aromatic N) is 2. The molecule has 20 heavy (non-hydrogen) atoms. The fourth-order valence-corrected chi connectivity index (χ4v) is 3.18. The first-order chi connectivity index (χ1) is 9.54. The van der Waals surface area contributed by atoms with Crippen molar-refractivity contribution in [3.63, 3.8) is 0 Å². The Morgan fingerprint density at radius 3 is 2.85 bits per heavy atom. The molecule has 1 aromatic carbocycles. The molecule has 2 aromatic rings. The maximum atomic E-state index is 13.6. The van der Waals surface area contributed by atoms with Crippen molar-refractivity contribution in [2.75, 3.05) is 12.0 Å². The average Bonchev–Trinajstić information content (AvgIpc) is 2.74. The Balaban J connectivity index is 2.37. The minimum atomic E-state index is -0.293. The predicted molar refractivity (Wildman–Crippen MR) is 89.3 cm³/mol. The van der Waals surface area contributed by atoms with Gasteiger partial charge in [0.15, 0.2) is 0 Å². The van der Waals surface area contributed by atoms with E-state index in [2.05, 4.69) is 31.7 Å². The number of halogens is 3. The molecule has 0 saturated carbocycles. The fourth-order valence-electron chi connectivity index (χ4n) is 2.19. The molecular formula is C14H17BrClFN2S. The van der Waals surface area contributed by atoms with E-state index in [1.807, 2.05) is 18.7 Å². The van der Waals surface area contributed by atoms with E-state index in [0.29, 0.717) is 9.99 Å². The lowest BCUT2D eigenvalue weighted by atomic mass is 10.3. The molecule has 0 aliphatic heterocycles. The second kappa shape index (κ2) is 7.14. The smallest absolute Gasteiger partial charge is 0.139 e. The zero-order chi connectivity index (χ0) is 14.7. The van der Waals surface area contributed by atoms with Gasteiger partial charge in [-0.2, -0.15) is 11.8 Å². The molecule has 1 unspecified atom stereocenters. The van der Waals surface area contributed by atoms with Crippen LogP contribution in [0.25, 0.3) is 11.0 Å². The molecule has 0 spiro atoms. The summed E-state index contributed by atoms with van der Waals surface area (Å²) in [5, 5.41) is -0.190. The van der Waals surface area contributed by atoms with Gasteiger partial charge in [-0.05, 0) is 53.8 Å². The van der Waals surface area contributed by atoms with Gasteiger partial charge in [0, 0.05) is 12.6 Å². The Morgan fingerprint density at radius 2 is 2.20 bits per heavy atom. The molecule has 2 rings (SSSR count). The first-order valence-electron chi connectivity index (χ1n) is 6.52. The molecule has 0 aliphatic rings. The van der Waals surface area contributed by atoms with Crippen LogP contribution in [0, 0.1) is 5.82 Å². The van der Waals surface area contributed by atoms with Crippen LogP contribution in [0.3, 0.4) is 0 Å². The second-order valence-corrected chi connectivity index (χ2v) is 7.19. The largest absolute Gasteiger partial charge is 0.327 e. The zero-order valence-electron chi connectivity index (χ0n) is 11.5. The Hall–Kier alpha value is -0.260. The third-order valence-corrected chi connectivity index (χ3v) is 4.66. The molecule has 0 bridgehead atoms. The number of unbranched alkanes of at least 4 members (excludes halogenated alkanes) is 1. The maximum absolute atomic E-state index is 13.6. The Bertz CT molecular complexity index is 600. The normalized spacial score (nSPS) is 13.1. The third kappa shape index (κ3) is 3.49. The monoisotopic (exact) mass is 378 g/mol. The van der Waals surface area contributed by atoms with E-state index in [0.717, 1.165) is 36.5 Å². The SMILES string of the molecule is CSCCCCn1c(C(C)Cl)nc2cc(F)c(Br)cc21. The fraction of sp³-hybridized carbons (Fsp3) is 0.500. The van der Waals surface area contributed by atoms with Gasteiger partial charge in [0.25, 0.3) is 0 Å². The van der Waals surface area contributed by atoms with E-state index >= 15 is 0 Å². The van der Waals surface area contributed by atoms with Crippen LogP contribution < -0.4 is 0 Å². The highest BCUT2D eigenvalue weighted by Crippen LogP contribution is 2.28. The molecule has 1 atom stereocenters. The molecule has 0 fully saturated rings. The topological polar surface area (TPSA) is 17.8 Å². The van der Waals surface area contributed by atoms with Crippen molar-refractivity contribution in [1.82, 2.24) is 9.55 Å². The minimum Gasteiger partial charge on any atom is -0.327 e. The number of aromatic nitrogens is 2. The highest BCUT2D eigenvalue weighted by atomic mass is 79.9. The van der Waals surface area contributed by atoms with Crippen molar-refractivity contribution >= 4 is 50.3 Å². The van der Waals surface area contributed by atoms with Crippen LogP contribution >= 0.6 is 39.3 Å².